The van der Waals surface area contributed by atoms with Crippen molar-refractivity contribution in [1.29, 1.82) is 0 Å². The molecule has 1 aliphatic carbocycles. The quantitative estimate of drug-likeness (QED) is 0.785. The number of aryl methyl sites for hydroxylation is 1. The molecule has 0 aromatic heterocycles. The van der Waals surface area contributed by atoms with Gasteiger partial charge in [0.2, 0.25) is 0 Å². The summed E-state index contributed by atoms with van der Waals surface area (Å²) in [5, 5.41) is 3.52. The lowest BCUT2D eigenvalue weighted by molar-refractivity contribution is 0.452. The highest BCUT2D eigenvalue weighted by Gasteiger charge is 2.17. The van der Waals surface area contributed by atoms with Crippen molar-refractivity contribution < 1.29 is 4.39 Å². The van der Waals surface area contributed by atoms with Crippen molar-refractivity contribution in [3.8, 4) is 0 Å². The van der Waals surface area contributed by atoms with E-state index in [9.17, 15) is 4.39 Å². The molecule has 0 aliphatic heterocycles. The Morgan fingerprint density at radius 1 is 1.41 bits per heavy atom. The molecule has 1 aromatic carbocycles. The van der Waals surface area contributed by atoms with Crippen LogP contribution in [0.5, 0.6) is 0 Å². The lowest BCUT2D eigenvalue weighted by atomic mass is 10.0. The molecule has 0 bridgehead atoms. The van der Waals surface area contributed by atoms with E-state index >= 15 is 0 Å². The van der Waals surface area contributed by atoms with E-state index in [2.05, 4.69) is 17.5 Å². The lowest BCUT2D eigenvalue weighted by Crippen LogP contribution is -2.35. The summed E-state index contributed by atoms with van der Waals surface area (Å²) in [5.41, 5.74) is 7.54. The highest BCUT2D eigenvalue weighted by Crippen LogP contribution is 2.19. The Bertz CT molecular complexity index is 407. The van der Waals surface area contributed by atoms with Gasteiger partial charge in [-0.25, -0.2) is 4.39 Å². The van der Waals surface area contributed by atoms with Gasteiger partial charge in [0.25, 0.3) is 0 Å². The second kappa shape index (κ2) is 5.43. The average Bonchev–Trinajstić information content (AvgIpc) is 2.82. The third-order valence-corrected chi connectivity index (χ3v) is 3.26. The van der Waals surface area contributed by atoms with Crippen LogP contribution in [-0.2, 0) is 0 Å². The third kappa shape index (κ3) is 2.93. The van der Waals surface area contributed by atoms with E-state index in [1.54, 1.807) is 6.92 Å². The Balaban J connectivity index is 2.08. The average molecular weight is 234 g/mol. The van der Waals surface area contributed by atoms with Gasteiger partial charge < -0.3 is 11.1 Å². The monoisotopic (exact) mass is 234 g/mol. The maximum Gasteiger partial charge on any atom is 0.126 e. The molecule has 1 unspecified atom stereocenters. The normalized spacial score (nSPS) is 17.6. The van der Waals surface area contributed by atoms with Gasteiger partial charge in [0.15, 0.2) is 0 Å². The van der Waals surface area contributed by atoms with Crippen LogP contribution >= 0.6 is 0 Å². The van der Waals surface area contributed by atoms with E-state index in [4.69, 9.17) is 5.73 Å². The van der Waals surface area contributed by atoms with E-state index in [0.717, 1.165) is 18.4 Å². The van der Waals surface area contributed by atoms with Crippen molar-refractivity contribution in [1.82, 2.24) is 5.32 Å². The molecule has 2 rings (SSSR count). The summed E-state index contributed by atoms with van der Waals surface area (Å²) in [5.74, 6) is -0.160. The van der Waals surface area contributed by atoms with Crippen LogP contribution in [0.1, 0.15) is 30.0 Å². The second-order valence-electron chi connectivity index (χ2n) is 4.60. The summed E-state index contributed by atoms with van der Waals surface area (Å²) in [6, 6.07) is 5.78. The first-order chi connectivity index (χ1) is 8.20. The van der Waals surface area contributed by atoms with Crippen LogP contribution in [0, 0.1) is 12.7 Å². The van der Waals surface area contributed by atoms with Gasteiger partial charge >= 0.3 is 0 Å². The minimum atomic E-state index is -0.160. The van der Waals surface area contributed by atoms with Crippen LogP contribution in [0.3, 0.4) is 0 Å². The minimum absolute atomic E-state index is 0.110. The summed E-state index contributed by atoms with van der Waals surface area (Å²) in [6.07, 6.45) is 6.47. The molecule has 0 heterocycles. The molecule has 0 saturated heterocycles. The number of hydrogen-bond acceptors (Lipinski definition) is 2. The van der Waals surface area contributed by atoms with E-state index in [1.807, 2.05) is 12.1 Å². The highest BCUT2D eigenvalue weighted by atomic mass is 19.1. The van der Waals surface area contributed by atoms with Crippen molar-refractivity contribution in [3.63, 3.8) is 0 Å². The number of rotatable bonds is 4. The van der Waals surface area contributed by atoms with E-state index in [1.165, 1.54) is 6.07 Å². The fourth-order valence-corrected chi connectivity index (χ4v) is 2.22. The first kappa shape index (κ1) is 12.3. The molecule has 3 heteroatoms. The van der Waals surface area contributed by atoms with Crippen LogP contribution in [0.25, 0.3) is 0 Å². The van der Waals surface area contributed by atoms with Gasteiger partial charge in [-0.1, -0.05) is 24.3 Å². The predicted molar refractivity (Wildman–Crippen MR) is 68.2 cm³/mol. The fraction of sp³-hybridized carbons (Fsp3) is 0.429. The number of benzene rings is 1. The molecule has 0 spiro atoms. The molecule has 1 atom stereocenters. The van der Waals surface area contributed by atoms with Gasteiger partial charge in [-0.05, 0) is 37.0 Å². The molecular weight excluding hydrogens is 215 g/mol. The smallest absolute Gasteiger partial charge is 0.126 e. The molecule has 0 radical (unpaired) electrons. The Hall–Kier alpha value is -1.19. The van der Waals surface area contributed by atoms with Crippen molar-refractivity contribution in [2.24, 2.45) is 5.73 Å². The molecule has 92 valence electrons. The first-order valence-corrected chi connectivity index (χ1v) is 6.08. The Kier molecular flexibility index (Phi) is 3.92. The molecule has 0 amide bonds. The predicted octanol–water partition coefficient (Wildman–Crippen LogP) is 2.44. The topological polar surface area (TPSA) is 38.0 Å². The van der Waals surface area contributed by atoms with Gasteiger partial charge in [0.05, 0.1) is 0 Å². The molecule has 3 N–H and O–H groups in total. The molecule has 2 nitrogen and oxygen atoms in total. The van der Waals surface area contributed by atoms with Gasteiger partial charge in [-0.2, -0.15) is 0 Å². The minimum Gasteiger partial charge on any atom is -0.329 e. The van der Waals surface area contributed by atoms with Crippen molar-refractivity contribution in [3.05, 3.63) is 47.3 Å². The second-order valence-corrected chi connectivity index (χ2v) is 4.60. The molecule has 1 aliphatic rings. The van der Waals surface area contributed by atoms with Crippen molar-refractivity contribution in [2.75, 3.05) is 6.54 Å². The Morgan fingerprint density at radius 3 is 2.71 bits per heavy atom. The summed E-state index contributed by atoms with van der Waals surface area (Å²) in [7, 11) is 0. The van der Waals surface area contributed by atoms with Gasteiger partial charge in [0.1, 0.15) is 5.82 Å². The van der Waals surface area contributed by atoms with Crippen LogP contribution < -0.4 is 11.1 Å². The largest absolute Gasteiger partial charge is 0.329 e. The van der Waals surface area contributed by atoms with Crippen molar-refractivity contribution in [2.45, 2.75) is 31.8 Å². The van der Waals surface area contributed by atoms with Crippen LogP contribution in [0.15, 0.2) is 30.4 Å². The molecule has 0 saturated carbocycles. The zero-order chi connectivity index (χ0) is 12.3. The zero-order valence-corrected chi connectivity index (χ0v) is 10.1. The first-order valence-electron chi connectivity index (χ1n) is 6.08. The van der Waals surface area contributed by atoms with Crippen LogP contribution in [0.2, 0.25) is 0 Å². The van der Waals surface area contributed by atoms with E-state index in [0.29, 0.717) is 18.2 Å². The Labute approximate surface area is 102 Å². The third-order valence-electron chi connectivity index (χ3n) is 3.26. The number of nitrogens with one attached hydrogen (secondary N) is 1. The summed E-state index contributed by atoms with van der Waals surface area (Å²) in [4.78, 5) is 0. The van der Waals surface area contributed by atoms with Gasteiger partial charge in [-0.3, -0.25) is 0 Å². The van der Waals surface area contributed by atoms with Gasteiger partial charge in [0, 0.05) is 18.6 Å². The zero-order valence-electron chi connectivity index (χ0n) is 10.1. The maximum absolute atomic E-state index is 13.2. The fourth-order valence-electron chi connectivity index (χ4n) is 2.22. The van der Waals surface area contributed by atoms with Crippen molar-refractivity contribution >= 4 is 0 Å². The van der Waals surface area contributed by atoms with E-state index < -0.39 is 0 Å². The van der Waals surface area contributed by atoms with E-state index in [-0.39, 0.29) is 11.9 Å². The number of halogens is 1. The van der Waals surface area contributed by atoms with Gasteiger partial charge in [-0.15, -0.1) is 0 Å². The number of nitrogens with two attached hydrogens (primary N) is 1. The van der Waals surface area contributed by atoms with Crippen LogP contribution in [0.4, 0.5) is 4.39 Å². The standard InChI is InChI=1S/C14H19FN2/c1-10-8-11(6-7-13(10)15)14(9-16)17-12-4-2-3-5-12/h2-3,6-8,12,14,17H,4-5,9,16H2,1H3. The number of hydrogen-bond donors (Lipinski definition) is 2. The Morgan fingerprint density at radius 2 is 2.12 bits per heavy atom. The molecular formula is C14H19FN2. The summed E-state index contributed by atoms with van der Waals surface area (Å²) in [6.45, 7) is 2.31. The molecule has 1 aromatic rings. The lowest BCUT2D eigenvalue weighted by Gasteiger charge is -2.22. The summed E-state index contributed by atoms with van der Waals surface area (Å²) >= 11 is 0. The summed E-state index contributed by atoms with van der Waals surface area (Å²) < 4.78 is 13.2. The molecule has 0 fully saturated rings. The maximum atomic E-state index is 13.2. The highest BCUT2D eigenvalue weighted by molar-refractivity contribution is 5.27. The SMILES string of the molecule is Cc1cc(C(CN)NC2CC=CC2)ccc1F. The van der Waals surface area contributed by atoms with Crippen LogP contribution in [-0.4, -0.2) is 12.6 Å². The molecule has 17 heavy (non-hydrogen) atoms.